The average Bonchev–Trinajstić information content (AvgIpc) is 3.25. The molecule has 8 nitrogen and oxygen atoms in total. The molecule has 3 rings (SSSR count). The van der Waals surface area contributed by atoms with Crippen molar-refractivity contribution in [2.24, 2.45) is 0 Å². The fourth-order valence-electron chi connectivity index (χ4n) is 3.01. The van der Waals surface area contributed by atoms with Gasteiger partial charge in [0.2, 0.25) is 11.8 Å². The maximum atomic E-state index is 12.6. The fraction of sp³-hybridized carbons (Fsp3) is 0.120. The molecule has 1 aromatic heterocycles. The van der Waals surface area contributed by atoms with Crippen molar-refractivity contribution in [3.63, 3.8) is 0 Å². The largest absolute Gasteiger partial charge is 0.478 e. The van der Waals surface area contributed by atoms with Crippen molar-refractivity contribution in [2.75, 3.05) is 23.5 Å². The lowest BCUT2D eigenvalue weighted by Gasteiger charge is -2.09. The van der Waals surface area contributed by atoms with Gasteiger partial charge in [-0.3, -0.25) is 9.59 Å². The maximum absolute atomic E-state index is 12.6. The standard InChI is InChI=1S/C25H22N2O6S2/c1-15-6-8-16(9-7-15)19-13-35-24(23(19)25(32)33-2)27-21(29)14-34-18-5-3-4-17(12-18)26-20(28)10-11-22(30)31/h3-13H,14H2,1-2H3,(H,26,28)(H,27,29)(H,30,31)/b11-10+. The molecule has 0 unspecified atom stereocenters. The van der Waals surface area contributed by atoms with Crippen LogP contribution < -0.4 is 10.6 Å². The molecule has 2 amide bonds. The first-order valence-electron chi connectivity index (χ1n) is 10.3. The second-order valence-corrected chi connectivity index (χ2v) is 9.17. The van der Waals surface area contributed by atoms with E-state index in [9.17, 15) is 19.2 Å². The Morgan fingerprint density at radius 2 is 1.80 bits per heavy atom. The molecule has 3 aromatic rings. The van der Waals surface area contributed by atoms with E-state index in [1.165, 1.54) is 30.2 Å². The van der Waals surface area contributed by atoms with Crippen molar-refractivity contribution in [3.8, 4) is 11.1 Å². The van der Waals surface area contributed by atoms with Crippen molar-refractivity contribution < 1.29 is 29.0 Å². The first-order valence-corrected chi connectivity index (χ1v) is 12.1. The Hall–Kier alpha value is -3.89. The molecule has 0 atom stereocenters. The van der Waals surface area contributed by atoms with Crippen molar-refractivity contribution >= 4 is 57.5 Å². The van der Waals surface area contributed by atoms with Gasteiger partial charge in [-0.15, -0.1) is 23.1 Å². The molecule has 0 radical (unpaired) electrons. The van der Waals surface area contributed by atoms with Crippen LogP contribution in [0.2, 0.25) is 0 Å². The van der Waals surface area contributed by atoms with Crippen molar-refractivity contribution in [1.82, 2.24) is 0 Å². The van der Waals surface area contributed by atoms with E-state index in [-0.39, 0.29) is 11.7 Å². The summed E-state index contributed by atoms with van der Waals surface area (Å²) in [6.07, 6.45) is 1.66. The third-order valence-corrected chi connectivity index (χ3v) is 6.53. The highest BCUT2D eigenvalue weighted by molar-refractivity contribution is 8.00. The van der Waals surface area contributed by atoms with Crippen LogP contribution in [0.1, 0.15) is 15.9 Å². The lowest BCUT2D eigenvalue weighted by Crippen LogP contribution is -2.16. The Morgan fingerprint density at radius 3 is 2.49 bits per heavy atom. The first kappa shape index (κ1) is 25.7. The van der Waals surface area contributed by atoms with Gasteiger partial charge in [-0.05, 0) is 30.7 Å². The van der Waals surface area contributed by atoms with Crippen molar-refractivity contribution in [1.29, 1.82) is 0 Å². The van der Waals surface area contributed by atoms with Crippen LogP contribution in [0.15, 0.2) is 71.0 Å². The van der Waals surface area contributed by atoms with Gasteiger partial charge in [-0.2, -0.15) is 0 Å². The minimum Gasteiger partial charge on any atom is -0.478 e. The zero-order valence-corrected chi connectivity index (χ0v) is 20.5. The number of carbonyl (C=O) groups excluding carboxylic acids is 3. The number of thioether (sulfide) groups is 1. The number of esters is 1. The van der Waals surface area contributed by atoms with Gasteiger partial charge < -0.3 is 20.5 Å². The molecule has 0 saturated carbocycles. The monoisotopic (exact) mass is 510 g/mol. The summed E-state index contributed by atoms with van der Waals surface area (Å²) in [4.78, 5) is 48.1. The molecular formula is C25H22N2O6S2. The van der Waals surface area contributed by atoms with Gasteiger partial charge in [-0.25, -0.2) is 9.59 Å². The number of carboxylic acids is 1. The molecule has 0 saturated heterocycles. The van der Waals surface area contributed by atoms with Gasteiger partial charge in [0.05, 0.1) is 12.9 Å². The molecule has 0 aliphatic carbocycles. The number of nitrogens with one attached hydrogen (secondary N) is 2. The van der Waals surface area contributed by atoms with E-state index in [0.717, 1.165) is 28.2 Å². The lowest BCUT2D eigenvalue weighted by atomic mass is 10.0. The predicted molar refractivity (Wildman–Crippen MR) is 137 cm³/mol. The lowest BCUT2D eigenvalue weighted by molar-refractivity contribution is -0.131. The van der Waals surface area contributed by atoms with Crippen LogP contribution in [-0.2, 0) is 19.1 Å². The molecule has 0 bridgehead atoms. The Balaban J connectivity index is 1.67. The number of carboxylic acid groups (broad SMARTS) is 1. The highest BCUT2D eigenvalue weighted by Crippen LogP contribution is 2.36. The summed E-state index contributed by atoms with van der Waals surface area (Å²) < 4.78 is 4.95. The van der Waals surface area contributed by atoms with Gasteiger partial charge in [0, 0.05) is 33.7 Å². The van der Waals surface area contributed by atoms with Crippen LogP contribution in [0.4, 0.5) is 10.7 Å². The Morgan fingerprint density at radius 1 is 1.06 bits per heavy atom. The number of hydrogen-bond donors (Lipinski definition) is 3. The second kappa shape index (κ2) is 12.0. The van der Waals surface area contributed by atoms with Gasteiger partial charge in [0.15, 0.2) is 0 Å². The van der Waals surface area contributed by atoms with Crippen LogP contribution in [0.5, 0.6) is 0 Å². The zero-order valence-electron chi connectivity index (χ0n) is 18.9. The number of aliphatic carboxylic acids is 1. The van der Waals surface area contributed by atoms with E-state index < -0.39 is 17.8 Å². The minimum absolute atomic E-state index is 0.0642. The van der Waals surface area contributed by atoms with E-state index in [1.807, 2.05) is 36.6 Å². The highest BCUT2D eigenvalue weighted by Gasteiger charge is 2.22. The summed E-state index contributed by atoms with van der Waals surface area (Å²) in [6, 6.07) is 14.5. The molecule has 0 fully saturated rings. The fourth-order valence-corrected chi connectivity index (χ4v) is 4.73. The van der Waals surface area contributed by atoms with Crippen molar-refractivity contribution in [2.45, 2.75) is 11.8 Å². The molecule has 35 heavy (non-hydrogen) atoms. The Kier molecular flexibility index (Phi) is 8.82. The smallest absolute Gasteiger partial charge is 0.341 e. The van der Waals surface area contributed by atoms with E-state index in [1.54, 1.807) is 24.3 Å². The second-order valence-electron chi connectivity index (χ2n) is 7.24. The van der Waals surface area contributed by atoms with Gasteiger partial charge >= 0.3 is 11.9 Å². The SMILES string of the molecule is COC(=O)c1c(-c2ccc(C)cc2)csc1NC(=O)CSc1cccc(NC(=O)/C=C/C(=O)O)c1. The summed E-state index contributed by atoms with van der Waals surface area (Å²) in [5.41, 5.74) is 3.39. The van der Waals surface area contributed by atoms with E-state index in [2.05, 4.69) is 10.6 Å². The zero-order chi connectivity index (χ0) is 25.4. The predicted octanol–water partition coefficient (Wildman–Crippen LogP) is 4.82. The number of aryl methyl sites for hydroxylation is 1. The normalized spacial score (nSPS) is 10.7. The number of amides is 2. The van der Waals surface area contributed by atoms with E-state index in [0.29, 0.717) is 21.8 Å². The van der Waals surface area contributed by atoms with Crippen LogP contribution in [0.25, 0.3) is 11.1 Å². The number of hydrogen-bond acceptors (Lipinski definition) is 7. The van der Waals surface area contributed by atoms with Crippen LogP contribution >= 0.6 is 23.1 Å². The summed E-state index contributed by atoms with van der Waals surface area (Å²) >= 11 is 2.49. The molecular weight excluding hydrogens is 488 g/mol. The van der Waals surface area contributed by atoms with Gasteiger partial charge in [0.1, 0.15) is 10.6 Å². The highest BCUT2D eigenvalue weighted by atomic mass is 32.2. The average molecular weight is 511 g/mol. The van der Waals surface area contributed by atoms with E-state index in [4.69, 9.17) is 9.84 Å². The molecule has 0 aliphatic heterocycles. The topological polar surface area (TPSA) is 122 Å². The molecule has 2 aromatic carbocycles. The van der Waals surface area contributed by atoms with Gasteiger partial charge in [0.25, 0.3) is 0 Å². The van der Waals surface area contributed by atoms with Crippen molar-refractivity contribution in [3.05, 3.63) is 77.2 Å². The number of anilines is 2. The van der Waals surface area contributed by atoms with Crippen LogP contribution in [0.3, 0.4) is 0 Å². The molecule has 1 heterocycles. The van der Waals surface area contributed by atoms with Gasteiger partial charge in [-0.1, -0.05) is 35.9 Å². The van der Waals surface area contributed by atoms with E-state index >= 15 is 0 Å². The molecule has 3 N–H and O–H groups in total. The Labute approximate surface area is 210 Å². The maximum Gasteiger partial charge on any atom is 0.341 e. The molecule has 180 valence electrons. The Bertz CT molecular complexity index is 1280. The number of rotatable bonds is 9. The number of carbonyl (C=O) groups is 4. The number of benzene rings is 2. The third kappa shape index (κ3) is 7.29. The number of methoxy groups -OCH3 is 1. The number of ether oxygens (including phenoxy) is 1. The summed E-state index contributed by atoms with van der Waals surface area (Å²) in [5, 5.41) is 16.2. The first-order chi connectivity index (χ1) is 16.8. The third-order valence-electron chi connectivity index (χ3n) is 4.64. The van der Waals surface area contributed by atoms with Crippen LogP contribution in [0, 0.1) is 6.92 Å². The number of thiophene rings is 1. The molecule has 0 spiro atoms. The summed E-state index contributed by atoms with van der Waals surface area (Å²) in [6.45, 7) is 1.97. The summed E-state index contributed by atoms with van der Waals surface area (Å²) in [5.74, 6) is -2.58. The minimum atomic E-state index is -1.22. The quantitative estimate of drug-likeness (QED) is 0.214. The summed E-state index contributed by atoms with van der Waals surface area (Å²) in [7, 11) is 1.30. The molecule has 0 aliphatic rings. The molecule has 10 heteroatoms. The van der Waals surface area contributed by atoms with Crippen LogP contribution in [-0.4, -0.2) is 41.7 Å².